The zero-order chi connectivity index (χ0) is 12.8. The van der Waals surface area contributed by atoms with Gasteiger partial charge in [-0.05, 0) is 25.2 Å². The van der Waals surface area contributed by atoms with Gasteiger partial charge >= 0.3 is 5.97 Å². The first-order valence-corrected chi connectivity index (χ1v) is 6.22. The van der Waals surface area contributed by atoms with Crippen LogP contribution in [0.5, 0.6) is 0 Å². The SMILES string of the molecule is CC(C)CC(CNC(=O)CNC1CC1)C(=O)O. The molecule has 17 heavy (non-hydrogen) atoms. The van der Waals surface area contributed by atoms with Crippen LogP contribution in [0.2, 0.25) is 0 Å². The second kappa shape index (κ2) is 6.59. The van der Waals surface area contributed by atoms with E-state index in [-0.39, 0.29) is 12.5 Å². The largest absolute Gasteiger partial charge is 0.481 e. The van der Waals surface area contributed by atoms with E-state index in [0.717, 1.165) is 12.8 Å². The zero-order valence-corrected chi connectivity index (χ0v) is 10.5. The summed E-state index contributed by atoms with van der Waals surface area (Å²) in [5.74, 6) is -1.13. The minimum atomic E-state index is -0.839. The summed E-state index contributed by atoms with van der Waals surface area (Å²) in [6.45, 7) is 4.47. The molecular formula is C12H22N2O3. The van der Waals surface area contributed by atoms with Crippen LogP contribution in [0.3, 0.4) is 0 Å². The highest BCUT2D eigenvalue weighted by molar-refractivity contribution is 5.79. The molecule has 0 aromatic rings. The van der Waals surface area contributed by atoms with Crippen molar-refractivity contribution in [3.8, 4) is 0 Å². The molecule has 0 bridgehead atoms. The number of carbonyl (C=O) groups is 2. The van der Waals surface area contributed by atoms with Gasteiger partial charge in [0.25, 0.3) is 0 Å². The minimum absolute atomic E-state index is 0.119. The van der Waals surface area contributed by atoms with E-state index in [1.165, 1.54) is 0 Å². The molecule has 5 heteroatoms. The number of aliphatic carboxylic acids is 1. The molecule has 1 aliphatic rings. The van der Waals surface area contributed by atoms with Crippen molar-refractivity contribution in [2.24, 2.45) is 11.8 Å². The van der Waals surface area contributed by atoms with E-state index >= 15 is 0 Å². The summed E-state index contributed by atoms with van der Waals surface area (Å²) in [5.41, 5.74) is 0. The Kier molecular flexibility index (Phi) is 5.41. The normalized spacial score (nSPS) is 16.9. The van der Waals surface area contributed by atoms with Crippen molar-refractivity contribution in [3.63, 3.8) is 0 Å². The third kappa shape index (κ3) is 6.26. The van der Waals surface area contributed by atoms with Crippen molar-refractivity contribution in [1.29, 1.82) is 0 Å². The van der Waals surface area contributed by atoms with Gasteiger partial charge in [-0.3, -0.25) is 9.59 Å². The highest BCUT2D eigenvalue weighted by Gasteiger charge is 2.22. The third-order valence-corrected chi connectivity index (χ3v) is 2.78. The number of hydrogen-bond donors (Lipinski definition) is 3. The molecule has 5 nitrogen and oxygen atoms in total. The molecule has 0 radical (unpaired) electrons. The van der Waals surface area contributed by atoms with Crippen LogP contribution in [0.4, 0.5) is 0 Å². The number of carboxylic acid groups (broad SMARTS) is 1. The Morgan fingerprint density at radius 1 is 1.35 bits per heavy atom. The first-order valence-electron chi connectivity index (χ1n) is 6.22. The molecular weight excluding hydrogens is 220 g/mol. The fraction of sp³-hybridized carbons (Fsp3) is 0.833. The van der Waals surface area contributed by atoms with E-state index in [4.69, 9.17) is 5.11 Å². The maximum absolute atomic E-state index is 11.4. The van der Waals surface area contributed by atoms with Crippen molar-refractivity contribution in [3.05, 3.63) is 0 Å². The zero-order valence-electron chi connectivity index (χ0n) is 10.5. The van der Waals surface area contributed by atoms with E-state index in [1.807, 2.05) is 13.8 Å². The monoisotopic (exact) mass is 242 g/mol. The molecule has 1 amide bonds. The lowest BCUT2D eigenvalue weighted by Gasteiger charge is -2.15. The predicted octanol–water partition coefficient (Wildman–Crippen LogP) is 0.601. The first-order chi connectivity index (χ1) is 7.99. The molecule has 0 aromatic heterocycles. The fourth-order valence-corrected chi connectivity index (χ4v) is 1.66. The molecule has 3 N–H and O–H groups in total. The van der Waals surface area contributed by atoms with Crippen LogP contribution in [0, 0.1) is 11.8 Å². The van der Waals surface area contributed by atoms with Gasteiger partial charge in [0.15, 0.2) is 0 Å². The molecule has 0 heterocycles. The average Bonchev–Trinajstić information content (AvgIpc) is 3.04. The number of rotatable bonds is 8. The van der Waals surface area contributed by atoms with Gasteiger partial charge in [0.2, 0.25) is 5.91 Å². The second-order valence-corrected chi connectivity index (χ2v) is 5.12. The van der Waals surface area contributed by atoms with Crippen LogP contribution in [0.1, 0.15) is 33.1 Å². The molecule has 1 fully saturated rings. The van der Waals surface area contributed by atoms with Gasteiger partial charge in [-0.1, -0.05) is 13.8 Å². The molecule has 1 aliphatic carbocycles. The van der Waals surface area contributed by atoms with Gasteiger partial charge in [0, 0.05) is 12.6 Å². The molecule has 0 aliphatic heterocycles. The molecule has 0 spiro atoms. The smallest absolute Gasteiger partial charge is 0.308 e. The van der Waals surface area contributed by atoms with Crippen LogP contribution in [0.15, 0.2) is 0 Å². The van der Waals surface area contributed by atoms with Gasteiger partial charge in [-0.15, -0.1) is 0 Å². The first kappa shape index (κ1) is 14.0. The highest BCUT2D eigenvalue weighted by atomic mass is 16.4. The number of carboxylic acids is 1. The Bertz CT molecular complexity index is 275. The van der Waals surface area contributed by atoms with E-state index in [0.29, 0.717) is 24.9 Å². The average molecular weight is 242 g/mol. The summed E-state index contributed by atoms with van der Waals surface area (Å²) >= 11 is 0. The lowest BCUT2D eigenvalue weighted by atomic mass is 9.97. The Hall–Kier alpha value is -1.10. The summed E-state index contributed by atoms with van der Waals surface area (Å²) in [6.07, 6.45) is 2.86. The maximum Gasteiger partial charge on any atom is 0.308 e. The molecule has 0 aromatic carbocycles. The van der Waals surface area contributed by atoms with E-state index in [9.17, 15) is 9.59 Å². The predicted molar refractivity (Wildman–Crippen MR) is 64.6 cm³/mol. The lowest BCUT2D eigenvalue weighted by Crippen LogP contribution is -2.39. The lowest BCUT2D eigenvalue weighted by molar-refractivity contribution is -0.142. The van der Waals surface area contributed by atoms with Gasteiger partial charge in [-0.2, -0.15) is 0 Å². The fourth-order valence-electron chi connectivity index (χ4n) is 1.66. The molecule has 1 atom stereocenters. The molecule has 1 rings (SSSR count). The minimum Gasteiger partial charge on any atom is -0.481 e. The summed E-state index contributed by atoms with van der Waals surface area (Å²) in [4.78, 5) is 22.4. The number of hydrogen-bond acceptors (Lipinski definition) is 3. The van der Waals surface area contributed by atoms with Crippen molar-refractivity contribution >= 4 is 11.9 Å². The Morgan fingerprint density at radius 3 is 2.47 bits per heavy atom. The van der Waals surface area contributed by atoms with Crippen molar-refractivity contribution in [2.75, 3.05) is 13.1 Å². The van der Waals surface area contributed by atoms with Gasteiger partial charge in [0.05, 0.1) is 12.5 Å². The van der Waals surface area contributed by atoms with Crippen LogP contribution < -0.4 is 10.6 Å². The maximum atomic E-state index is 11.4. The second-order valence-electron chi connectivity index (χ2n) is 5.12. The molecule has 0 saturated heterocycles. The topological polar surface area (TPSA) is 78.4 Å². The quantitative estimate of drug-likeness (QED) is 0.582. The highest BCUT2D eigenvalue weighted by Crippen LogP contribution is 2.17. The Labute approximate surface area is 102 Å². The Morgan fingerprint density at radius 2 is 2.00 bits per heavy atom. The molecule has 98 valence electrons. The van der Waals surface area contributed by atoms with Crippen LogP contribution in [0.25, 0.3) is 0 Å². The summed E-state index contributed by atoms with van der Waals surface area (Å²) in [6, 6.07) is 0.492. The van der Waals surface area contributed by atoms with Gasteiger partial charge in [0.1, 0.15) is 0 Å². The van der Waals surface area contributed by atoms with Gasteiger partial charge in [-0.25, -0.2) is 0 Å². The molecule has 1 saturated carbocycles. The van der Waals surface area contributed by atoms with Crippen LogP contribution >= 0.6 is 0 Å². The van der Waals surface area contributed by atoms with Crippen molar-refractivity contribution < 1.29 is 14.7 Å². The number of carbonyl (C=O) groups excluding carboxylic acids is 1. The van der Waals surface area contributed by atoms with Crippen LogP contribution in [-0.2, 0) is 9.59 Å². The molecule has 1 unspecified atom stereocenters. The Balaban J connectivity index is 2.19. The van der Waals surface area contributed by atoms with E-state index in [2.05, 4.69) is 10.6 Å². The summed E-state index contributed by atoms with van der Waals surface area (Å²) < 4.78 is 0. The summed E-state index contributed by atoms with van der Waals surface area (Å²) in [7, 11) is 0. The number of amides is 1. The van der Waals surface area contributed by atoms with Crippen molar-refractivity contribution in [2.45, 2.75) is 39.2 Å². The van der Waals surface area contributed by atoms with Gasteiger partial charge < -0.3 is 15.7 Å². The summed E-state index contributed by atoms with van der Waals surface area (Å²) in [5, 5.41) is 14.8. The van der Waals surface area contributed by atoms with Crippen LogP contribution in [-0.4, -0.2) is 36.1 Å². The van der Waals surface area contributed by atoms with Crippen molar-refractivity contribution in [1.82, 2.24) is 10.6 Å². The third-order valence-electron chi connectivity index (χ3n) is 2.78. The number of nitrogens with one attached hydrogen (secondary N) is 2. The van der Waals surface area contributed by atoms with E-state index < -0.39 is 11.9 Å². The van der Waals surface area contributed by atoms with E-state index in [1.54, 1.807) is 0 Å². The standard InChI is InChI=1S/C12H22N2O3/c1-8(2)5-9(12(16)17)6-14-11(15)7-13-10-3-4-10/h8-10,13H,3-7H2,1-2H3,(H,14,15)(H,16,17).